The van der Waals surface area contributed by atoms with Gasteiger partial charge in [-0.05, 0) is 44.2 Å². The third kappa shape index (κ3) is 4.16. The molecule has 21 heavy (non-hydrogen) atoms. The molecule has 0 aliphatic carbocycles. The van der Waals surface area contributed by atoms with E-state index in [0.717, 1.165) is 38.2 Å². The van der Waals surface area contributed by atoms with Gasteiger partial charge in [-0.15, -0.1) is 11.3 Å². The molecule has 112 valence electrons. The van der Waals surface area contributed by atoms with E-state index in [4.69, 9.17) is 0 Å². The minimum absolute atomic E-state index is 0.403. The first-order valence-electron chi connectivity index (χ1n) is 7.40. The third-order valence-corrected chi connectivity index (χ3v) is 4.46. The molecule has 5 heteroatoms. The number of aromatic nitrogens is 2. The van der Waals surface area contributed by atoms with Gasteiger partial charge in [0.25, 0.3) is 0 Å². The highest BCUT2D eigenvalue weighted by atomic mass is 32.1. The Bertz CT molecular complexity index is 582. The van der Waals surface area contributed by atoms with E-state index in [1.54, 1.807) is 11.3 Å². The van der Waals surface area contributed by atoms with E-state index >= 15 is 0 Å². The highest BCUT2D eigenvalue weighted by Crippen LogP contribution is 2.23. The Morgan fingerprint density at radius 3 is 3.00 bits per heavy atom. The highest BCUT2D eigenvalue weighted by Gasteiger charge is 2.21. The van der Waals surface area contributed by atoms with Crippen LogP contribution in [0.2, 0.25) is 0 Å². The van der Waals surface area contributed by atoms with Crippen LogP contribution in [0.4, 0.5) is 0 Å². The Kier molecular flexibility index (Phi) is 5.54. The number of rotatable bonds is 8. The monoisotopic (exact) mass is 302 g/mol. The number of nitriles is 1. The van der Waals surface area contributed by atoms with Gasteiger partial charge in [0.1, 0.15) is 11.4 Å². The van der Waals surface area contributed by atoms with Gasteiger partial charge >= 0.3 is 0 Å². The zero-order valence-corrected chi connectivity index (χ0v) is 13.5. The summed E-state index contributed by atoms with van der Waals surface area (Å²) in [6.45, 7) is 5.79. The first-order chi connectivity index (χ1) is 10.2. The molecule has 0 aliphatic heterocycles. The molecule has 1 N–H and O–H groups in total. The van der Waals surface area contributed by atoms with E-state index in [1.807, 2.05) is 32.3 Å². The Morgan fingerprint density at radius 1 is 1.48 bits per heavy atom. The molecule has 2 aromatic heterocycles. The third-order valence-electron chi connectivity index (χ3n) is 3.60. The Hall–Kier alpha value is -1.64. The molecule has 4 nitrogen and oxygen atoms in total. The average Bonchev–Trinajstić information content (AvgIpc) is 3.14. The summed E-state index contributed by atoms with van der Waals surface area (Å²) in [5, 5.41) is 14.6. The predicted molar refractivity (Wildman–Crippen MR) is 87.1 cm³/mol. The van der Waals surface area contributed by atoms with Gasteiger partial charge in [-0.1, -0.05) is 13.0 Å². The minimum Gasteiger partial charge on any atom is -0.330 e. The Labute approximate surface area is 130 Å². The van der Waals surface area contributed by atoms with Gasteiger partial charge in [0.05, 0.1) is 10.9 Å². The average molecular weight is 302 g/mol. The van der Waals surface area contributed by atoms with E-state index in [9.17, 15) is 5.26 Å². The molecule has 0 saturated heterocycles. The molecule has 0 aromatic carbocycles. The van der Waals surface area contributed by atoms with Crippen molar-refractivity contribution in [3.63, 3.8) is 0 Å². The van der Waals surface area contributed by atoms with Crippen LogP contribution in [0.5, 0.6) is 0 Å². The van der Waals surface area contributed by atoms with Gasteiger partial charge in [0.15, 0.2) is 0 Å². The SMILES string of the molecule is CCNC(C)(C#N)CCCCn1ccnc1-c1cccs1. The quantitative estimate of drug-likeness (QED) is 0.757. The number of nitrogens with zero attached hydrogens (tertiary/aromatic N) is 3. The number of hydrogen-bond donors (Lipinski definition) is 1. The number of unbranched alkanes of at least 4 members (excludes halogenated alkanes) is 1. The van der Waals surface area contributed by atoms with Gasteiger partial charge in [0, 0.05) is 18.9 Å². The van der Waals surface area contributed by atoms with Crippen LogP contribution < -0.4 is 5.32 Å². The largest absolute Gasteiger partial charge is 0.330 e. The lowest BCUT2D eigenvalue weighted by atomic mass is 9.96. The van der Waals surface area contributed by atoms with Gasteiger partial charge < -0.3 is 4.57 Å². The Morgan fingerprint density at radius 2 is 2.33 bits per heavy atom. The van der Waals surface area contributed by atoms with Crippen LogP contribution >= 0.6 is 11.3 Å². The molecule has 2 aromatic rings. The smallest absolute Gasteiger partial charge is 0.149 e. The summed E-state index contributed by atoms with van der Waals surface area (Å²) in [4.78, 5) is 5.64. The van der Waals surface area contributed by atoms with Crippen molar-refractivity contribution in [1.29, 1.82) is 5.26 Å². The molecule has 0 amide bonds. The van der Waals surface area contributed by atoms with Crippen LogP contribution in [0.15, 0.2) is 29.9 Å². The second-order valence-electron chi connectivity index (χ2n) is 5.35. The molecule has 2 rings (SSSR count). The normalized spacial score (nSPS) is 13.8. The zero-order chi connectivity index (χ0) is 15.1. The summed E-state index contributed by atoms with van der Waals surface area (Å²) in [6, 6.07) is 6.53. The lowest BCUT2D eigenvalue weighted by Gasteiger charge is -2.22. The molecule has 0 radical (unpaired) electrons. The van der Waals surface area contributed by atoms with Gasteiger partial charge in [0.2, 0.25) is 0 Å². The maximum absolute atomic E-state index is 9.24. The summed E-state index contributed by atoms with van der Waals surface area (Å²) in [5.74, 6) is 1.04. The molecular weight excluding hydrogens is 280 g/mol. The van der Waals surface area contributed by atoms with E-state index in [2.05, 4.69) is 32.4 Å². The van der Waals surface area contributed by atoms with E-state index in [0.29, 0.717) is 0 Å². The summed E-state index contributed by atoms with van der Waals surface area (Å²) >= 11 is 1.71. The number of nitrogens with one attached hydrogen (secondary N) is 1. The lowest BCUT2D eigenvalue weighted by Crippen LogP contribution is -2.40. The van der Waals surface area contributed by atoms with Crippen molar-refractivity contribution >= 4 is 11.3 Å². The zero-order valence-electron chi connectivity index (χ0n) is 12.7. The number of thiophene rings is 1. The predicted octanol–water partition coefficient (Wildman–Crippen LogP) is 3.67. The number of aryl methyl sites for hydroxylation is 1. The molecule has 2 heterocycles. The molecule has 0 bridgehead atoms. The number of hydrogen-bond acceptors (Lipinski definition) is 4. The topological polar surface area (TPSA) is 53.6 Å². The van der Waals surface area contributed by atoms with Crippen LogP contribution in [0.25, 0.3) is 10.7 Å². The lowest BCUT2D eigenvalue weighted by molar-refractivity contribution is 0.404. The second kappa shape index (κ2) is 7.39. The summed E-state index contributed by atoms with van der Waals surface area (Å²) in [6.07, 6.45) is 6.84. The van der Waals surface area contributed by atoms with Gasteiger partial charge in [-0.3, -0.25) is 5.32 Å². The number of imidazole rings is 1. The summed E-state index contributed by atoms with van der Waals surface area (Å²) in [7, 11) is 0. The van der Waals surface area contributed by atoms with Gasteiger partial charge in [-0.2, -0.15) is 5.26 Å². The minimum atomic E-state index is -0.403. The molecule has 1 unspecified atom stereocenters. The molecular formula is C16H22N4S. The first kappa shape index (κ1) is 15.7. The van der Waals surface area contributed by atoms with Crippen LogP contribution in [0.1, 0.15) is 33.1 Å². The van der Waals surface area contributed by atoms with E-state index in [1.165, 1.54) is 4.88 Å². The van der Waals surface area contributed by atoms with E-state index in [-0.39, 0.29) is 0 Å². The summed E-state index contributed by atoms with van der Waals surface area (Å²) in [5.41, 5.74) is -0.403. The van der Waals surface area contributed by atoms with Crippen molar-refractivity contribution in [3.8, 4) is 16.8 Å². The van der Waals surface area contributed by atoms with Crippen LogP contribution in [0.3, 0.4) is 0 Å². The first-order valence-corrected chi connectivity index (χ1v) is 8.28. The fourth-order valence-corrected chi connectivity index (χ4v) is 3.19. The van der Waals surface area contributed by atoms with Crippen molar-refractivity contribution in [1.82, 2.24) is 14.9 Å². The highest BCUT2D eigenvalue weighted by molar-refractivity contribution is 7.13. The Balaban J connectivity index is 1.85. The van der Waals surface area contributed by atoms with Crippen molar-refractivity contribution in [2.24, 2.45) is 0 Å². The second-order valence-corrected chi connectivity index (χ2v) is 6.30. The maximum atomic E-state index is 9.24. The summed E-state index contributed by atoms with van der Waals surface area (Å²) < 4.78 is 2.20. The van der Waals surface area contributed by atoms with Crippen LogP contribution in [-0.4, -0.2) is 21.6 Å². The van der Waals surface area contributed by atoms with Crippen molar-refractivity contribution in [3.05, 3.63) is 29.9 Å². The van der Waals surface area contributed by atoms with Crippen molar-refractivity contribution in [2.45, 2.75) is 45.2 Å². The van der Waals surface area contributed by atoms with Crippen LogP contribution in [0, 0.1) is 11.3 Å². The molecule has 0 spiro atoms. The van der Waals surface area contributed by atoms with Crippen molar-refractivity contribution in [2.75, 3.05) is 6.54 Å². The van der Waals surface area contributed by atoms with Crippen molar-refractivity contribution < 1.29 is 0 Å². The standard InChI is InChI=1S/C16H22N4S/c1-3-19-16(2,13-17)8-4-5-10-20-11-9-18-15(20)14-7-6-12-21-14/h6-7,9,11-12,19H,3-5,8,10H2,1-2H3. The molecule has 0 saturated carbocycles. The molecule has 1 atom stereocenters. The molecule has 0 aliphatic rings. The van der Waals surface area contributed by atoms with Gasteiger partial charge in [-0.25, -0.2) is 4.98 Å². The van der Waals surface area contributed by atoms with Crippen LogP contribution in [-0.2, 0) is 6.54 Å². The molecule has 0 fully saturated rings. The maximum Gasteiger partial charge on any atom is 0.149 e. The van der Waals surface area contributed by atoms with E-state index < -0.39 is 5.54 Å². The fraction of sp³-hybridized carbons (Fsp3) is 0.500. The fourth-order valence-electron chi connectivity index (χ4n) is 2.46.